The fraction of sp³-hybridized carbons (Fsp3) is 0.385. The molecule has 1 aliphatic rings. The highest BCUT2D eigenvalue weighted by molar-refractivity contribution is 6.33. The molecule has 0 radical (unpaired) electrons. The highest BCUT2D eigenvalue weighted by atomic mass is 35.5. The molecular formula is C13H15ClN2O3. The van der Waals surface area contributed by atoms with Crippen molar-refractivity contribution >= 4 is 29.3 Å². The fourth-order valence-corrected chi connectivity index (χ4v) is 2.25. The van der Waals surface area contributed by atoms with E-state index in [4.69, 9.17) is 16.7 Å². The van der Waals surface area contributed by atoms with Crippen molar-refractivity contribution in [2.24, 2.45) is 5.41 Å². The van der Waals surface area contributed by atoms with Crippen LogP contribution < -0.4 is 5.32 Å². The first-order valence-electron chi connectivity index (χ1n) is 5.96. The molecule has 1 aliphatic heterocycles. The lowest BCUT2D eigenvalue weighted by Gasteiger charge is -2.20. The summed E-state index contributed by atoms with van der Waals surface area (Å²) in [5.41, 5.74) is -0.337. The molecule has 102 valence electrons. The van der Waals surface area contributed by atoms with E-state index in [2.05, 4.69) is 5.32 Å². The standard InChI is InChI=1S/C13H15ClN2O3/c1-13(11(17)18)6-7-16(8-13)12(19)15-10-5-3-2-4-9(10)14/h2-5H,6-8H2,1H3,(H,15,19)(H,17,18). The molecule has 1 aromatic carbocycles. The van der Waals surface area contributed by atoms with E-state index in [1.807, 2.05) is 0 Å². The lowest BCUT2D eigenvalue weighted by molar-refractivity contribution is -0.146. The van der Waals surface area contributed by atoms with Crippen molar-refractivity contribution in [2.45, 2.75) is 13.3 Å². The van der Waals surface area contributed by atoms with Crippen molar-refractivity contribution in [3.05, 3.63) is 29.3 Å². The van der Waals surface area contributed by atoms with Crippen LogP contribution in [0.25, 0.3) is 0 Å². The predicted molar refractivity (Wildman–Crippen MR) is 72.4 cm³/mol. The minimum absolute atomic E-state index is 0.207. The third-order valence-corrected chi connectivity index (χ3v) is 3.72. The lowest BCUT2D eigenvalue weighted by Crippen LogP contribution is -2.37. The third-order valence-electron chi connectivity index (χ3n) is 3.39. The molecule has 0 saturated carbocycles. The molecular weight excluding hydrogens is 268 g/mol. The molecule has 0 aliphatic carbocycles. The lowest BCUT2D eigenvalue weighted by atomic mass is 9.90. The Morgan fingerprint density at radius 1 is 1.42 bits per heavy atom. The van der Waals surface area contributed by atoms with Gasteiger partial charge in [-0.05, 0) is 25.5 Å². The van der Waals surface area contributed by atoms with E-state index in [1.54, 1.807) is 31.2 Å². The number of nitrogens with zero attached hydrogens (tertiary/aromatic N) is 1. The van der Waals surface area contributed by atoms with Crippen LogP contribution in [-0.4, -0.2) is 35.1 Å². The quantitative estimate of drug-likeness (QED) is 0.876. The SMILES string of the molecule is CC1(C(=O)O)CCN(C(=O)Nc2ccccc2Cl)C1. The number of aliphatic carboxylic acids is 1. The van der Waals surface area contributed by atoms with E-state index in [9.17, 15) is 9.59 Å². The Morgan fingerprint density at radius 3 is 2.68 bits per heavy atom. The highest BCUT2D eigenvalue weighted by Gasteiger charge is 2.42. The van der Waals surface area contributed by atoms with Gasteiger partial charge in [-0.2, -0.15) is 0 Å². The summed E-state index contributed by atoms with van der Waals surface area (Å²) in [4.78, 5) is 24.7. The average Bonchev–Trinajstić information content (AvgIpc) is 2.76. The summed E-state index contributed by atoms with van der Waals surface area (Å²) >= 11 is 5.95. The first-order valence-corrected chi connectivity index (χ1v) is 6.34. The largest absolute Gasteiger partial charge is 0.481 e. The molecule has 1 heterocycles. The van der Waals surface area contributed by atoms with Crippen molar-refractivity contribution in [3.63, 3.8) is 0 Å². The number of para-hydroxylation sites is 1. The smallest absolute Gasteiger partial charge is 0.321 e. The molecule has 2 rings (SSSR count). The van der Waals surface area contributed by atoms with Crippen molar-refractivity contribution in [2.75, 3.05) is 18.4 Å². The van der Waals surface area contributed by atoms with Gasteiger partial charge in [0.1, 0.15) is 0 Å². The van der Waals surface area contributed by atoms with Gasteiger partial charge < -0.3 is 15.3 Å². The molecule has 1 atom stereocenters. The number of amides is 2. The molecule has 1 saturated heterocycles. The zero-order valence-corrected chi connectivity index (χ0v) is 11.3. The topological polar surface area (TPSA) is 69.6 Å². The van der Waals surface area contributed by atoms with Crippen LogP contribution in [0.3, 0.4) is 0 Å². The van der Waals surface area contributed by atoms with Gasteiger partial charge in [-0.25, -0.2) is 4.79 Å². The molecule has 0 bridgehead atoms. The van der Waals surface area contributed by atoms with Crippen LogP contribution in [0.4, 0.5) is 10.5 Å². The van der Waals surface area contributed by atoms with Gasteiger partial charge in [-0.1, -0.05) is 23.7 Å². The predicted octanol–water partition coefficient (Wildman–Crippen LogP) is 2.67. The van der Waals surface area contributed by atoms with Crippen LogP contribution in [0.15, 0.2) is 24.3 Å². The van der Waals surface area contributed by atoms with Crippen molar-refractivity contribution in [1.82, 2.24) is 4.90 Å². The third kappa shape index (κ3) is 2.81. The normalized spacial score (nSPS) is 22.3. The van der Waals surface area contributed by atoms with Gasteiger partial charge in [0.15, 0.2) is 0 Å². The van der Waals surface area contributed by atoms with Crippen LogP contribution >= 0.6 is 11.6 Å². The van der Waals surface area contributed by atoms with Crippen molar-refractivity contribution in [1.29, 1.82) is 0 Å². The monoisotopic (exact) mass is 282 g/mol. The van der Waals surface area contributed by atoms with Gasteiger partial charge in [-0.15, -0.1) is 0 Å². The zero-order chi connectivity index (χ0) is 14.0. The van der Waals surface area contributed by atoms with E-state index in [-0.39, 0.29) is 12.6 Å². The van der Waals surface area contributed by atoms with Crippen LogP contribution in [-0.2, 0) is 4.79 Å². The number of carboxylic acid groups (broad SMARTS) is 1. The van der Waals surface area contributed by atoms with Gasteiger partial charge >= 0.3 is 12.0 Å². The van der Waals surface area contributed by atoms with Gasteiger partial charge in [0.2, 0.25) is 0 Å². The molecule has 6 heteroatoms. The molecule has 19 heavy (non-hydrogen) atoms. The first-order chi connectivity index (χ1) is 8.92. The summed E-state index contributed by atoms with van der Waals surface area (Å²) < 4.78 is 0. The van der Waals surface area contributed by atoms with E-state index >= 15 is 0 Å². The Balaban J connectivity index is 2.03. The minimum atomic E-state index is -0.874. The van der Waals surface area contributed by atoms with E-state index in [0.717, 1.165) is 0 Å². The van der Waals surface area contributed by atoms with Crippen molar-refractivity contribution in [3.8, 4) is 0 Å². The summed E-state index contributed by atoms with van der Waals surface area (Å²) in [5, 5.41) is 12.3. The number of hydrogen-bond acceptors (Lipinski definition) is 2. The number of carbonyl (C=O) groups excluding carboxylic acids is 1. The van der Waals surface area contributed by atoms with E-state index in [1.165, 1.54) is 4.90 Å². The summed E-state index contributed by atoms with van der Waals surface area (Å²) in [6, 6.07) is 6.61. The molecule has 0 spiro atoms. The number of urea groups is 1. The van der Waals surface area contributed by atoms with Crippen LogP contribution in [0.5, 0.6) is 0 Å². The van der Waals surface area contributed by atoms with Gasteiger partial charge in [0.25, 0.3) is 0 Å². The molecule has 2 amide bonds. The van der Waals surface area contributed by atoms with Gasteiger partial charge in [0.05, 0.1) is 16.1 Å². The number of benzene rings is 1. The maximum absolute atomic E-state index is 12.0. The van der Waals surface area contributed by atoms with Crippen molar-refractivity contribution < 1.29 is 14.7 Å². The maximum Gasteiger partial charge on any atom is 0.321 e. The molecule has 1 fully saturated rings. The zero-order valence-electron chi connectivity index (χ0n) is 10.5. The number of anilines is 1. The number of rotatable bonds is 2. The highest BCUT2D eigenvalue weighted by Crippen LogP contribution is 2.31. The molecule has 5 nitrogen and oxygen atoms in total. The Labute approximate surface area is 116 Å². The number of nitrogens with one attached hydrogen (secondary N) is 1. The minimum Gasteiger partial charge on any atom is -0.481 e. The second kappa shape index (κ2) is 5.09. The van der Waals surface area contributed by atoms with Crippen LogP contribution in [0, 0.1) is 5.41 Å². The first kappa shape index (κ1) is 13.7. The van der Waals surface area contributed by atoms with E-state index in [0.29, 0.717) is 23.7 Å². The maximum atomic E-state index is 12.0. The number of hydrogen-bond donors (Lipinski definition) is 2. The fourth-order valence-electron chi connectivity index (χ4n) is 2.07. The molecule has 0 aromatic heterocycles. The molecule has 2 N–H and O–H groups in total. The summed E-state index contributed by atoms with van der Waals surface area (Å²) in [5.74, 6) is -0.874. The molecule has 1 unspecified atom stereocenters. The Hall–Kier alpha value is -1.75. The second-order valence-electron chi connectivity index (χ2n) is 4.95. The summed E-state index contributed by atoms with van der Waals surface area (Å²) in [6.45, 7) is 2.29. The number of carbonyl (C=O) groups is 2. The Bertz CT molecular complexity index is 520. The number of likely N-dealkylation sites (tertiary alicyclic amines) is 1. The van der Waals surface area contributed by atoms with Gasteiger partial charge in [0, 0.05) is 13.1 Å². The van der Waals surface area contributed by atoms with E-state index < -0.39 is 11.4 Å². The number of halogens is 1. The van der Waals surface area contributed by atoms with Crippen LogP contribution in [0.1, 0.15) is 13.3 Å². The summed E-state index contributed by atoms with van der Waals surface area (Å²) in [6.07, 6.45) is 0.457. The van der Waals surface area contributed by atoms with Crippen LogP contribution in [0.2, 0.25) is 5.02 Å². The number of carboxylic acids is 1. The average molecular weight is 283 g/mol. The van der Waals surface area contributed by atoms with Gasteiger partial charge in [-0.3, -0.25) is 4.79 Å². The Kier molecular flexibility index (Phi) is 3.66. The second-order valence-corrected chi connectivity index (χ2v) is 5.35. The molecule has 1 aromatic rings. The Morgan fingerprint density at radius 2 is 2.11 bits per heavy atom. The summed E-state index contributed by atoms with van der Waals surface area (Å²) in [7, 11) is 0.